The van der Waals surface area contributed by atoms with E-state index in [1.165, 1.54) is 0 Å². The molecule has 0 aliphatic carbocycles. The van der Waals surface area contributed by atoms with Crippen molar-refractivity contribution in [3.63, 3.8) is 0 Å². The van der Waals surface area contributed by atoms with Crippen LogP contribution >= 0.6 is 15.9 Å². The van der Waals surface area contributed by atoms with Crippen molar-refractivity contribution in [1.82, 2.24) is 19.7 Å². The van der Waals surface area contributed by atoms with Crippen LogP contribution in [0.3, 0.4) is 0 Å². The highest BCUT2D eigenvalue weighted by Gasteiger charge is 2.18. The van der Waals surface area contributed by atoms with Gasteiger partial charge in [-0.25, -0.2) is 4.68 Å². The first-order valence-corrected chi connectivity index (χ1v) is 8.84. The fourth-order valence-corrected chi connectivity index (χ4v) is 4.05. The van der Waals surface area contributed by atoms with Crippen LogP contribution in [0, 0.1) is 13.8 Å². The molecule has 0 spiro atoms. The predicted octanol–water partition coefficient (Wildman–Crippen LogP) is 3.09. The van der Waals surface area contributed by atoms with Crippen LogP contribution in [0.4, 0.5) is 5.95 Å². The Hall–Kier alpha value is -2.15. The maximum absolute atomic E-state index is 12.4. The van der Waals surface area contributed by atoms with E-state index in [2.05, 4.69) is 35.9 Å². The van der Waals surface area contributed by atoms with Crippen molar-refractivity contribution in [2.45, 2.75) is 26.7 Å². The van der Waals surface area contributed by atoms with E-state index >= 15 is 0 Å². The number of hydrogen-bond donors (Lipinski definition) is 1. The number of nitrogens with zero attached hydrogens (tertiary/aromatic N) is 4. The number of H-pyrrole nitrogens is 1. The normalized spacial score (nSPS) is 14.7. The standard InChI is InChI=1S/C17H18BrN5O/c1-10-7-12(18)8-11(2)14(10)23-9-13-15(21-23)19-17(20-16(13)24)22-5-3-4-6-22/h7-9H,3-6H2,1-2H3,(H,19,20,21,24). The molecular formula is C17H18BrN5O. The molecule has 0 radical (unpaired) electrons. The van der Waals surface area contributed by atoms with Crippen molar-refractivity contribution < 1.29 is 0 Å². The highest BCUT2D eigenvalue weighted by Crippen LogP contribution is 2.25. The third-order valence-corrected chi connectivity index (χ3v) is 4.92. The number of fused-ring (bicyclic) bond motifs is 1. The van der Waals surface area contributed by atoms with Gasteiger partial charge < -0.3 is 4.90 Å². The molecule has 0 amide bonds. The molecule has 0 unspecified atom stereocenters. The highest BCUT2D eigenvalue weighted by molar-refractivity contribution is 9.10. The van der Waals surface area contributed by atoms with Crippen LogP contribution in [0.2, 0.25) is 0 Å². The van der Waals surface area contributed by atoms with Gasteiger partial charge in [-0.15, -0.1) is 5.10 Å². The van der Waals surface area contributed by atoms with E-state index in [1.54, 1.807) is 10.9 Å². The fraction of sp³-hybridized carbons (Fsp3) is 0.353. The number of aromatic amines is 1. The number of aryl methyl sites for hydroxylation is 2. The second-order valence-electron chi connectivity index (χ2n) is 6.28. The SMILES string of the molecule is Cc1cc(Br)cc(C)c1-n1cc2c(=O)[nH]c(N3CCCC3)nc2n1. The molecule has 1 aliphatic rings. The zero-order valence-corrected chi connectivity index (χ0v) is 15.2. The lowest BCUT2D eigenvalue weighted by Gasteiger charge is -2.14. The minimum atomic E-state index is -0.138. The molecule has 1 fully saturated rings. The quantitative estimate of drug-likeness (QED) is 0.733. The molecule has 0 atom stereocenters. The number of hydrogen-bond acceptors (Lipinski definition) is 4. The minimum Gasteiger partial charge on any atom is -0.342 e. The Morgan fingerprint density at radius 1 is 1.17 bits per heavy atom. The van der Waals surface area contributed by atoms with E-state index in [1.807, 2.05) is 26.0 Å². The number of anilines is 1. The van der Waals surface area contributed by atoms with Gasteiger partial charge in [-0.1, -0.05) is 15.9 Å². The van der Waals surface area contributed by atoms with Crippen molar-refractivity contribution in [2.24, 2.45) is 0 Å². The molecule has 4 rings (SSSR count). The van der Waals surface area contributed by atoms with Crippen molar-refractivity contribution in [2.75, 3.05) is 18.0 Å². The van der Waals surface area contributed by atoms with Gasteiger partial charge in [0.2, 0.25) is 5.95 Å². The fourth-order valence-electron chi connectivity index (χ4n) is 3.36. The summed E-state index contributed by atoms with van der Waals surface area (Å²) >= 11 is 3.51. The van der Waals surface area contributed by atoms with E-state index in [0.29, 0.717) is 17.0 Å². The topological polar surface area (TPSA) is 66.8 Å². The number of halogens is 1. The van der Waals surface area contributed by atoms with Gasteiger partial charge in [-0.05, 0) is 49.9 Å². The summed E-state index contributed by atoms with van der Waals surface area (Å²) in [5.41, 5.74) is 3.51. The molecular weight excluding hydrogens is 370 g/mol. The molecule has 6 nitrogen and oxygen atoms in total. The second kappa shape index (κ2) is 5.73. The van der Waals surface area contributed by atoms with Crippen molar-refractivity contribution in [1.29, 1.82) is 0 Å². The van der Waals surface area contributed by atoms with E-state index in [4.69, 9.17) is 0 Å². The molecule has 3 heterocycles. The molecule has 1 aliphatic heterocycles. The Morgan fingerprint density at radius 2 is 1.83 bits per heavy atom. The molecule has 7 heteroatoms. The Kier molecular flexibility index (Phi) is 3.68. The molecule has 3 aromatic rings. The molecule has 0 bridgehead atoms. The smallest absolute Gasteiger partial charge is 0.263 e. The highest BCUT2D eigenvalue weighted by atomic mass is 79.9. The lowest BCUT2D eigenvalue weighted by atomic mass is 10.1. The molecule has 1 saturated heterocycles. The molecule has 124 valence electrons. The zero-order valence-electron chi connectivity index (χ0n) is 13.6. The van der Waals surface area contributed by atoms with Crippen LogP contribution in [-0.4, -0.2) is 32.8 Å². The number of rotatable bonds is 2. The molecule has 2 aromatic heterocycles. The molecule has 24 heavy (non-hydrogen) atoms. The van der Waals surface area contributed by atoms with Gasteiger partial charge in [0.25, 0.3) is 5.56 Å². The predicted molar refractivity (Wildman–Crippen MR) is 98.1 cm³/mol. The largest absolute Gasteiger partial charge is 0.342 e. The second-order valence-corrected chi connectivity index (χ2v) is 7.20. The Balaban J connectivity index is 1.87. The van der Waals surface area contributed by atoms with Crippen LogP contribution in [0.25, 0.3) is 16.7 Å². The lowest BCUT2D eigenvalue weighted by Crippen LogP contribution is -2.23. The maximum Gasteiger partial charge on any atom is 0.263 e. The summed E-state index contributed by atoms with van der Waals surface area (Å²) in [6, 6.07) is 4.09. The van der Waals surface area contributed by atoms with Crippen molar-refractivity contribution >= 4 is 32.9 Å². The Morgan fingerprint density at radius 3 is 2.50 bits per heavy atom. The van der Waals surface area contributed by atoms with Crippen LogP contribution < -0.4 is 10.5 Å². The van der Waals surface area contributed by atoms with E-state index in [9.17, 15) is 4.79 Å². The van der Waals surface area contributed by atoms with Gasteiger partial charge in [0.15, 0.2) is 5.65 Å². The zero-order chi connectivity index (χ0) is 16.8. The van der Waals surface area contributed by atoms with Crippen LogP contribution in [0.15, 0.2) is 27.6 Å². The van der Waals surface area contributed by atoms with Gasteiger partial charge in [-0.3, -0.25) is 9.78 Å². The average Bonchev–Trinajstić information content (AvgIpc) is 3.14. The third-order valence-electron chi connectivity index (χ3n) is 4.47. The first-order valence-electron chi connectivity index (χ1n) is 8.05. The first kappa shape index (κ1) is 15.4. The van der Waals surface area contributed by atoms with Crippen LogP contribution in [0.1, 0.15) is 24.0 Å². The molecule has 1 aromatic carbocycles. The van der Waals surface area contributed by atoms with Gasteiger partial charge in [0.05, 0.1) is 5.69 Å². The third kappa shape index (κ3) is 2.53. The number of aromatic nitrogens is 4. The number of benzene rings is 1. The van der Waals surface area contributed by atoms with E-state index < -0.39 is 0 Å². The van der Waals surface area contributed by atoms with Gasteiger partial charge in [-0.2, -0.15) is 4.98 Å². The summed E-state index contributed by atoms with van der Waals surface area (Å²) < 4.78 is 2.79. The molecule has 1 N–H and O–H groups in total. The van der Waals surface area contributed by atoms with Crippen LogP contribution in [-0.2, 0) is 0 Å². The first-order chi connectivity index (χ1) is 11.5. The van der Waals surface area contributed by atoms with Crippen LogP contribution in [0.5, 0.6) is 0 Å². The molecule has 0 saturated carbocycles. The van der Waals surface area contributed by atoms with E-state index in [0.717, 1.165) is 47.2 Å². The maximum atomic E-state index is 12.4. The summed E-state index contributed by atoms with van der Waals surface area (Å²) in [4.78, 5) is 22.0. The summed E-state index contributed by atoms with van der Waals surface area (Å²) in [6.45, 7) is 5.93. The minimum absolute atomic E-state index is 0.138. The number of nitrogens with one attached hydrogen (secondary N) is 1. The van der Waals surface area contributed by atoms with Gasteiger partial charge >= 0.3 is 0 Å². The Labute approximate surface area is 147 Å². The summed E-state index contributed by atoms with van der Waals surface area (Å²) in [5, 5.41) is 5.08. The summed E-state index contributed by atoms with van der Waals surface area (Å²) in [5.74, 6) is 0.625. The summed E-state index contributed by atoms with van der Waals surface area (Å²) in [7, 11) is 0. The van der Waals surface area contributed by atoms with E-state index in [-0.39, 0.29) is 5.56 Å². The summed E-state index contributed by atoms with van der Waals surface area (Å²) in [6.07, 6.45) is 4.03. The monoisotopic (exact) mass is 387 g/mol. The lowest BCUT2D eigenvalue weighted by molar-refractivity contribution is 0.864. The van der Waals surface area contributed by atoms with Crippen molar-refractivity contribution in [3.8, 4) is 5.69 Å². The van der Waals surface area contributed by atoms with Gasteiger partial charge in [0.1, 0.15) is 5.39 Å². The Bertz CT molecular complexity index is 961. The average molecular weight is 388 g/mol. The van der Waals surface area contributed by atoms with Crippen molar-refractivity contribution in [3.05, 3.63) is 44.3 Å². The van der Waals surface area contributed by atoms with Gasteiger partial charge in [0, 0.05) is 23.8 Å².